The Morgan fingerprint density at radius 1 is 1.73 bits per heavy atom. The lowest BCUT2D eigenvalue weighted by molar-refractivity contribution is -0.156. The first-order valence-electron chi connectivity index (χ1n) is 2.92. The summed E-state index contributed by atoms with van der Waals surface area (Å²) >= 11 is 0. The fraction of sp³-hybridized carbons (Fsp3) is 0.667. The van der Waals surface area contributed by atoms with Crippen LogP contribution in [-0.2, 0) is 9.59 Å². The van der Waals surface area contributed by atoms with Crippen LogP contribution >= 0.6 is 0 Å². The number of carbonyl (C=O) groups excluding carboxylic acids is 1. The van der Waals surface area contributed by atoms with Crippen molar-refractivity contribution >= 4 is 12.0 Å². The molecule has 64 valence electrons. The van der Waals surface area contributed by atoms with Crippen LogP contribution in [0.4, 0.5) is 0 Å². The largest absolute Gasteiger partial charge is 0.479 e. The van der Waals surface area contributed by atoms with Crippen molar-refractivity contribution in [3.8, 4) is 0 Å². The van der Waals surface area contributed by atoms with Gasteiger partial charge < -0.3 is 10.2 Å². The molecule has 0 rings (SSSR count). The maximum atomic E-state index is 10.0. The Morgan fingerprint density at radius 2 is 2.00 bits per heavy atom. The molecule has 0 aliphatic carbocycles. The van der Waals surface area contributed by atoms with Crippen LogP contribution in [0.3, 0.4) is 0 Å². The molecule has 0 amide bonds. The van der Waals surface area contributed by atoms with Gasteiger partial charge in [0.2, 0.25) is 6.08 Å². The molecule has 0 heterocycles. The molecule has 0 aromatic heterocycles. The third kappa shape index (κ3) is 6.70. The van der Waals surface area contributed by atoms with Crippen LogP contribution in [0.5, 0.6) is 0 Å². The number of carbonyl (C=O) groups is 1. The maximum absolute atomic E-state index is 10.0. The Hall–Kier alpha value is -1.19. The summed E-state index contributed by atoms with van der Waals surface area (Å²) in [5.41, 5.74) is -1.54. The predicted octanol–water partition coefficient (Wildman–Crippen LogP) is 0.133. The predicted molar refractivity (Wildman–Crippen MR) is 37.0 cm³/mol. The van der Waals surface area contributed by atoms with Crippen molar-refractivity contribution in [1.29, 1.82) is 5.41 Å². The van der Waals surface area contributed by atoms with Crippen LogP contribution in [0.2, 0.25) is 0 Å². The van der Waals surface area contributed by atoms with Crippen molar-refractivity contribution in [3.63, 3.8) is 0 Å². The number of carboxylic acids is 1. The van der Waals surface area contributed by atoms with Crippen molar-refractivity contribution in [2.75, 3.05) is 0 Å². The van der Waals surface area contributed by atoms with E-state index in [1.165, 1.54) is 6.92 Å². The minimum atomic E-state index is -1.54. The number of carboxylic acid groups (broad SMARTS) is 1. The SMILES string of the molecule is CCC(C)(O)C(=O)O.N=C=O. The molecule has 0 spiro atoms. The zero-order valence-corrected chi connectivity index (χ0v) is 6.42. The van der Waals surface area contributed by atoms with Gasteiger partial charge in [-0.1, -0.05) is 6.92 Å². The topological polar surface area (TPSA) is 98.4 Å². The molecular weight excluding hydrogens is 150 g/mol. The summed E-state index contributed by atoms with van der Waals surface area (Å²) in [7, 11) is 0. The fourth-order valence-corrected chi connectivity index (χ4v) is 0.151. The van der Waals surface area contributed by atoms with E-state index in [1.807, 2.05) is 0 Å². The molecule has 3 N–H and O–H groups in total. The summed E-state index contributed by atoms with van der Waals surface area (Å²) in [5.74, 6) is -1.17. The summed E-state index contributed by atoms with van der Waals surface area (Å²) in [6.45, 7) is 2.89. The average Bonchev–Trinajstić information content (AvgIpc) is 1.89. The van der Waals surface area contributed by atoms with Crippen molar-refractivity contribution in [2.24, 2.45) is 0 Å². The summed E-state index contributed by atoms with van der Waals surface area (Å²) < 4.78 is 0. The van der Waals surface area contributed by atoms with Crippen LogP contribution in [0.15, 0.2) is 0 Å². The van der Waals surface area contributed by atoms with Gasteiger partial charge >= 0.3 is 5.97 Å². The van der Waals surface area contributed by atoms with Gasteiger partial charge in [-0.25, -0.2) is 15.0 Å². The van der Waals surface area contributed by atoms with Crippen molar-refractivity contribution in [1.82, 2.24) is 0 Å². The maximum Gasteiger partial charge on any atom is 0.335 e. The van der Waals surface area contributed by atoms with Gasteiger partial charge in [-0.2, -0.15) is 0 Å². The Labute approximate surface area is 64.2 Å². The number of hydrogen-bond donors (Lipinski definition) is 3. The summed E-state index contributed by atoms with van der Waals surface area (Å²) in [6.07, 6.45) is 0.988. The third-order valence-electron chi connectivity index (χ3n) is 1.15. The number of aliphatic hydroxyl groups is 1. The minimum absolute atomic E-state index is 0.238. The molecule has 1 unspecified atom stereocenters. The normalized spacial score (nSPS) is 13.4. The van der Waals surface area contributed by atoms with E-state index < -0.39 is 11.6 Å². The number of hydrogen-bond acceptors (Lipinski definition) is 4. The highest BCUT2D eigenvalue weighted by molar-refractivity contribution is 5.76. The number of aliphatic carboxylic acids is 1. The number of isocyanates is 1. The molecule has 0 radical (unpaired) electrons. The first-order valence-corrected chi connectivity index (χ1v) is 2.92. The number of nitrogens with one attached hydrogen (secondary N) is 1. The Kier molecular flexibility index (Phi) is 6.34. The molecule has 1 atom stereocenters. The molecule has 0 aliphatic rings. The Balaban J connectivity index is 0. The van der Waals surface area contributed by atoms with E-state index in [9.17, 15) is 4.79 Å². The second-order valence-electron chi connectivity index (χ2n) is 2.03. The second kappa shape index (κ2) is 5.58. The molecule has 0 aromatic rings. The van der Waals surface area contributed by atoms with E-state index >= 15 is 0 Å². The highest BCUT2D eigenvalue weighted by atomic mass is 16.4. The third-order valence-corrected chi connectivity index (χ3v) is 1.15. The van der Waals surface area contributed by atoms with E-state index in [0.717, 1.165) is 6.08 Å². The van der Waals surface area contributed by atoms with E-state index in [1.54, 1.807) is 6.92 Å². The molecule has 0 aromatic carbocycles. The van der Waals surface area contributed by atoms with Gasteiger partial charge in [0, 0.05) is 0 Å². The molecular formula is C6H11NO4. The quantitative estimate of drug-likeness (QED) is 0.396. The zero-order chi connectivity index (χ0) is 9.49. The lowest BCUT2D eigenvalue weighted by atomic mass is 10.1. The first kappa shape index (κ1) is 12.5. The average molecular weight is 161 g/mol. The van der Waals surface area contributed by atoms with Gasteiger partial charge in [-0.15, -0.1) is 0 Å². The van der Waals surface area contributed by atoms with Gasteiger partial charge in [0.15, 0.2) is 5.60 Å². The van der Waals surface area contributed by atoms with Crippen LogP contribution in [0, 0.1) is 5.41 Å². The van der Waals surface area contributed by atoms with Gasteiger partial charge in [0.05, 0.1) is 0 Å². The molecule has 0 aliphatic heterocycles. The molecule has 0 saturated heterocycles. The van der Waals surface area contributed by atoms with Crippen LogP contribution in [-0.4, -0.2) is 27.9 Å². The smallest absolute Gasteiger partial charge is 0.335 e. The van der Waals surface area contributed by atoms with Gasteiger partial charge in [-0.05, 0) is 13.3 Å². The standard InChI is InChI=1S/C5H10O3.CHNO/c1-3-5(2,8)4(6)7;2-1-3/h8H,3H2,1-2H3,(H,6,7);2H. The van der Waals surface area contributed by atoms with E-state index in [4.69, 9.17) is 20.4 Å². The van der Waals surface area contributed by atoms with E-state index in [-0.39, 0.29) is 6.42 Å². The highest BCUT2D eigenvalue weighted by Crippen LogP contribution is 2.06. The van der Waals surface area contributed by atoms with Crippen LogP contribution in [0.25, 0.3) is 0 Å². The second-order valence-corrected chi connectivity index (χ2v) is 2.03. The lowest BCUT2D eigenvalue weighted by Gasteiger charge is -2.13. The molecule has 5 heteroatoms. The van der Waals surface area contributed by atoms with Crippen molar-refractivity contribution < 1.29 is 19.8 Å². The molecule has 11 heavy (non-hydrogen) atoms. The van der Waals surface area contributed by atoms with Gasteiger partial charge in [0.1, 0.15) is 0 Å². The minimum Gasteiger partial charge on any atom is -0.479 e. The Bertz CT molecular complexity index is 158. The highest BCUT2D eigenvalue weighted by Gasteiger charge is 2.26. The van der Waals surface area contributed by atoms with Gasteiger partial charge in [-0.3, -0.25) is 0 Å². The van der Waals surface area contributed by atoms with E-state index in [0.29, 0.717) is 0 Å². The Morgan fingerprint density at radius 3 is 2.00 bits per heavy atom. The number of rotatable bonds is 2. The molecule has 0 bridgehead atoms. The van der Waals surface area contributed by atoms with Crippen LogP contribution in [0.1, 0.15) is 20.3 Å². The van der Waals surface area contributed by atoms with E-state index in [2.05, 4.69) is 0 Å². The van der Waals surface area contributed by atoms with Crippen LogP contribution < -0.4 is 0 Å². The summed E-state index contributed by atoms with van der Waals surface area (Å²) in [4.78, 5) is 18.3. The lowest BCUT2D eigenvalue weighted by Crippen LogP contribution is -2.33. The fourth-order valence-electron chi connectivity index (χ4n) is 0.151. The first-order chi connectivity index (χ1) is 4.92. The monoisotopic (exact) mass is 161 g/mol. The van der Waals surface area contributed by atoms with Gasteiger partial charge in [0.25, 0.3) is 0 Å². The van der Waals surface area contributed by atoms with Crippen molar-refractivity contribution in [3.05, 3.63) is 0 Å². The van der Waals surface area contributed by atoms with Crippen molar-refractivity contribution in [2.45, 2.75) is 25.9 Å². The molecule has 5 nitrogen and oxygen atoms in total. The zero-order valence-electron chi connectivity index (χ0n) is 6.42. The summed E-state index contributed by atoms with van der Waals surface area (Å²) in [5, 5.41) is 22.4. The summed E-state index contributed by atoms with van der Waals surface area (Å²) in [6, 6.07) is 0. The molecule has 0 saturated carbocycles. The molecule has 0 fully saturated rings.